The maximum atomic E-state index is 6.23. The molecule has 0 bridgehead atoms. The first kappa shape index (κ1) is 13.9. The van der Waals surface area contributed by atoms with E-state index in [1.165, 1.54) is 0 Å². The van der Waals surface area contributed by atoms with Gasteiger partial charge >= 0.3 is 0 Å². The van der Waals surface area contributed by atoms with Gasteiger partial charge in [-0.05, 0) is 39.5 Å². The van der Waals surface area contributed by atoms with Crippen LogP contribution in [0.25, 0.3) is 0 Å². The van der Waals surface area contributed by atoms with Crippen molar-refractivity contribution in [3.05, 3.63) is 0 Å². The summed E-state index contributed by atoms with van der Waals surface area (Å²) in [5.74, 6) is 0.543. The molecule has 2 nitrogen and oxygen atoms in total. The largest absolute Gasteiger partial charge is 0.186 e. The molecule has 0 rings (SSSR count). The molecule has 0 heterocycles. The van der Waals surface area contributed by atoms with E-state index in [-0.39, 0.29) is 5.54 Å². The fourth-order valence-corrected chi connectivity index (χ4v) is 1.44. The Morgan fingerprint density at radius 3 is 2.00 bits per heavy atom. The normalized spacial score (nSPS) is 17.7. The van der Waals surface area contributed by atoms with Crippen LogP contribution in [-0.4, -0.2) is 10.5 Å². The summed E-state index contributed by atoms with van der Waals surface area (Å²) in [6.45, 7) is 12.4. The predicted molar refractivity (Wildman–Crippen MR) is 62.9 cm³/mol. The second kappa shape index (κ2) is 5.11. The standard InChI is InChI=1S/C11H23ClN2/c1-7-10(4,5)13-14-11(6,12)8-9(2)3/h9H,7-8H2,1-6H3. The Morgan fingerprint density at radius 2 is 1.64 bits per heavy atom. The van der Waals surface area contributed by atoms with Gasteiger partial charge in [-0.25, -0.2) is 0 Å². The molecule has 3 heteroatoms. The number of azo groups is 1. The molecule has 0 spiro atoms. The number of alkyl halides is 1. The van der Waals surface area contributed by atoms with Gasteiger partial charge in [0.15, 0.2) is 5.00 Å². The van der Waals surface area contributed by atoms with Crippen LogP contribution in [0.15, 0.2) is 10.2 Å². The Balaban J connectivity index is 4.34. The zero-order valence-electron chi connectivity index (χ0n) is 10.3. The van der Waals surface area contributed by atoms with Gasteiger partial charge in [0.2, 0.25) is 0 Å². The highest BCUT2D eigenvalue weighted by Crippen LogP contribution is 2.27. The summed E-state index contributed by atoms with van der Waals surface area (Å²) >= 11 is 6.23. The molecule has 0 radical (unpaired) electrons. The first-order valence-electron chi connectivity index (χ1n) is 5.31. The molecule has 0 aliphatic carbocycles. The van der Waals surface area contributed by atoms with E-state index in [9.17, 15) is 0 Å². The van der Waals surface area contributed by atoms with Crippen molar-refractivity contribution < 1.29 is 0 Å². The minimum absolute atomic E-state index is 0.0901. The van der Waals surface area contributed by atoms with Crippen LogP contribution in [0.1, 0.15) is 54.4 Å². The molecular weight excluding hydrogens is 196 g/mol. The molecule has 0 aliphatic heterocycles. The van der Waals surface area contributed by atoms with Crippen LogP contribution in [0.5, 0.6) is 0 Å². The molecule has 1 unspecified atom stereocenters. The molecule has 0 aromatic heterocycles. The average Bonchev–Trinajstić information content (AvgIpc) is 1.99. The van der Waals surface area contributed by atoms with Gasteiger partial charge in [-0.15, -0.1) is 0 Å². The van der Waals surface area contributed by atoms with Crippen molar-refractivity contribution in [3.8, 4) is 0 Å². The molecule has 0 aliphatic rings. The number of nitrogens with zero attached hydrogens (tertiary/aromatic N) is 2. The monoisotopic (exact) mass is 218 g/mol. The molecule has 1 atom stereocenters. The van der Waals surface area contributed by atoms with E-state index in [0.29, 0.717) is 5.92 Å². The van der Waals surface area contributed by atoms with Crippen molar-refractivity contribution in [3.63, 3.8) is 0 Å². The highest BCUT2D eigenvalue weighted by molar-refractivity contribution is 6.23. The maximum Gasteiger partial charge on any atom is 0.152 e. The average molecular weight is 219 g/mol. The van der Waals surface area contributed by atoms with Gasteiger partial charge in [0.05, 0.1) is 5.54 Å². The topological polar surface area (TPSA) is 24.7 Å². The van der Waals surface area contributed by atoms with Crippen LogP contribution in [0.3, 0.4) is 0 Å². The Morgan fingerprint density at radius 1 is 1.14 bits per heavy atom. The van der Waals surface area contributed by atoms with Crippen LogP contribution in [-0.2, 0) is 0 Å². The Hall–Kier alpha value is -0.110. The van der Waals surface area contributed by atoms with Gasteiger partial charge in [0.25, 0.3) is 0 Å². The van der Waals surface area contributed by atoms with Crippen molar-refractivity contribution in [2.75, 3.05) is 0 Å². The first-order chi connectivity index (χ1) is 6.18. The zero-order chi connectivity index (χ0) is 11.4. The van der Waals surface area contributed by atoms with Crippen LogP contribution in [0.2, 0.25) is 0 Å². The van der Waals surface area contributed by atoms with Crippen LogP contribution < -0.4 is 0 Å². The van der Waals surface area contributed by atoms with Gasteiger partial charge in [0.1, 0.15) is 0 Å². The molecule has 14 heavy (non-hydrogen) atoms. The molecule has 0 saturated carbocycles. The molecular formula is C11H23ClN2. The van der Waals surface area contributed by atoms with Crippen LogP contribution in [0.4, 0.5) is 0 Å². The lowest BCUT2D eigenvalue weighted by Gasteiger charge is -2.21. The Bertz CT molecular complexity index is 195. The predicted octanol–water partition coefficient (Wildman–Crippen LogP) is 4.63. The number of halogens is 1. The summed E-state index contributed by atoms with van der Waals surface area (Å²) in [5.41, 5.74) is -0.0901. The van der Waals surface area contributed by atoms with E-state index in [1.54, 1.807) is 0 Å². The fraction of sp³-hybridized carbons (Fsp3) is 1.00. The summed E-state index contributed by atoms with van der Waals surface area (Å²) in [6.07, 6.45) is 1.84. The SMILES string of the molecule is CCC(C)(C)N=NC(C)(Cl)CC(C)C. The van der Waals surface area contributed by atoms with Gasteiger partial charge in [-0.1, -0.05) is 32.4 Å². The lowest BCUT2D eigenvalue weighted by atomic mass is 10.0. The third-order valence-electron chi connectivity index (χ3n) is 2.18. The van der Waals surface area contributed by atoms with Gasteiger partial charge < -0.3 is 0 Å². The van der Waals surface area contributed by atoms with E-state index in [2.05, 4.69) is 44.8 Å². The van der Waals surface area contributed by atoms with Gasteiger partial charge in [0, 0.05) is 0 Å². The van der Waals surface area contributed by atoms with Crippen molar-refractivity contribution in [1.82, 2.24) is 0 Å². The van der Waals surface area contributed by atoms with Crippen LogP contribution >= 0.6 is 11.6 Å². The van der Waals surface area contributed by atoms with Gasteiger partial charge in [-0.2, -0.15) is 10.2 Å². The molecule has 84 valence electrons. The summed E-state index contributed by atoms with van der Waals surface area (Å²) in [5, 5.41) is 8.52. The zero-order valence-corrected chi connectivity index (χ0v) is 11.0. The lowest BCUT2D eigenvalue weighted by molar-refractivity contribution is 0.413. The minimum Gasteiger partial charge on any atom is -0.186 e. The third-order valence-corrected chi connectivity index (χ3v) is 2.41. The Kier molecular flexibility index (Phi) is 5.07. The highest BCUT2D eigenvalue weighted by Gasteiger charge is 2.23. The van der Waals surface area contributed by atoms with E-state index < -0.39 is 5.00 Å². The summed E-state index contributed by atoms with van der Waals surface area (Å²) in [4.78, 5) is -0.541. The van der Waals surface area contributed by atoms with Gasteiger partial charge in [-0.3, -0.25) is 0 Å². The second-order valence-electron chi connectivity index (χ2n) is 5.11. The molecule has 0 aromatic rings. The smallest absolute Gasteiger partial charge is 0.152 e. The maximum absolute atomic E-state index is 6.23. The molecule has 0 saturated heterocycles. The molecule has 0 fully saturated rings. The third kappa shape index (κ3) is 6.36. The summed E-state index contributed by atoms with van der Waals surface area (Å²) < 4.78 is 0. The summed E-state index contributed by atoms with van der Waals surface area (Å²) in [7, 11) is 0. The van der Waals surface area contributed by atoms with E-state index >= 15 is 0 Å². The molecule has 0 N–H and O–H groups in total. The molecule has 0 aromatic carbocycles. The summed E-state index contributed by atoms with van der Waals surface area (Å²) in [6, 6.07) is 0. The number of hydrogen-bond acceptors (Lipinski definition) is 2. The van der Waals surface area contributed by atoms with E-state index in [1.807, 2.05) is 6.92 Å². The van der Waals surface area contributed by atoms with Crippen molar-refractivity contribution >= 4 is 11.6 Å². The van der Waals surface area contributed by atoms with E-state index in [4.69, 9.17) is 11.6 Å². The quantitative estimate of drug-likeness (QED) is 0.365. The molecule has 0 amide bonds. The van der Waals surface area contributed by atoms with E-state index in [0.717, 1.165) is 12.8 Å². The van der Waals surface area contributed by atoms with Crippen molar-refractivity contribution in [2.24, 2.45) is 16.1 Å². The number of rotatable bonds is 5. The fourth-order valence-electron chi connectivity index (χ4n) is 1.10. The van der Waals surface area contributed by atoms with Crippen LogP contribution in [0, 0.1) is 5.92 Å². The van der Waals surface area contributed by atoms with Crippen molar-refractivity contribution in [1.29, 1.82) is 0 Å². The second-order valence-corrected chi connectivity index (χ2v) is 5.92. The van der Waals surface area contributed by atoms with Crippen molar-refractivity contribution in [2.45, 2.75) is 64.9 Å². The number of hydrogen-bond donors (Lipinski definition) is 0. The highest BCUT2D eigenvalue weighted by atomic mass is 35.5. The first-order valence-corrected chi connectivity index (χ1v) is 5.69. The minimum atomic E-state index is -0.541. The Labute approximate surface area is 93.1 Å². The lowest BCUT2D eigenvalue weighted by Crippen LogP contribution is -2.19.